The summed E-state index contributed by atoms with van der Waals surface area (Å²) < 4.78 is 85.0. The maximum Gasteiger partial charge on any atom is 0.338 e. The van der Waals surface area contributed by atoms with Gasteiger partial charge >= 0.3 is 11.9 Å². The van der Waals surface area contributed by atoms with Crippen molar-refractivity contribution in [1.82, 2.24) is 0 Å². The van der Waals surface area contributed by atoms with E-state index in [0.29, 0.717) is 112 Å². The van der Waals surface area contributed by atoms with Gasteiger partial charge in [0.2, 0.25) is 0 Å². The molecule has 6 aromatic carbocycles. The zero-order valence-electron chi connectivity index (χ0n) is 46.6. The molecule has 0 aliphatic carbocycles. The molecule has 6 aromatic rings. The Morgan fingerprint density at radius 3 is 0.805 bits per heavy atom. The Morgan fingerprint density at radius 2 is 0.524 bits per heavy atom. The van der Waals surface area contributed by atoms with Crippen LogP contribution in [0.4, 0.5) is 0 Å². The topological polar surface area (TPSA) is 163 Å². The van der Waals surface area contributed by atoms with Gasteiger partial charge in [-0.15, -0.1) is 0 Å². The van der Waals surface area contributed by atoms with Gasteiger partial charge in [-0.05, 0) is 62.4 Å². The number of ether oxygens (including phenoxy) is 14. The van der Waals surface area contributed by atoms with Gasteiger partial charge in [0.15, 0.2) is 11.2 Å². The summed E-state index contributed by atoms with van der Waals surface area (Å²) in [6, 6.07) is 53.8. The summed E-state index contributed by atoms with van der Waals surface area (Å²) >= 11 is 0. The second kappa shape index (κ2) is 30.4. The van der Waals surface area contributed by atoms with Crippen LogP contribution in [0.25, 0.3) is 0 Å². The lowest BCUT2D eigenvalue weighted by Gasteiger charge is -2.36. The summed E-state index contributed by atoms with van der Waals surface area (Å²) in [7, 11) is 0. The quantitative estimate of drug-likeness (QED) is 0.153. The second-order valence-corrected chi connectivity index (χ2v) is 19.4. The molecule has 0 N–H and O–H groups in total. The first kappa shape index (κ1) is 58.9. The highest BCUT2D eigenvalue weighted by Gasteiger charge is 2.55. The highest BCUT2D eigenvalue weighted by Crippen LogP contribution is 2.53. The van der Waals surface area contributed by atoms with Gasteiger partial charge in [0, 0.05) is 22.3 Å². The third kappa shape index (κ3) is 15.0. The smallest absolute Gasteiger partial charge is 0.338 e. The number of hydrogen-bond acceptors (Lipinski definition) is 16. The first-order chi connectivity index (χ1) is 40.4. The summed E-state index contributed by atoms with van der Waals surface area (Å²) in [6.07, 6.45) is 0. The molecule has 4 bridgehead atoms. The standard InChI is InChI=1S/C66H72O16/c1-49-61-59(65(81-49,51-15-7-3-8-16-51)52-17-9-4-10-18-52)47-73-37-35-69-31-33-71-39-41-75-55-23-25-56(26-24-55)76-42-40-72-34-32-70-36-38-74-48-60-62(50(2)82-66(60,53-19-11-5-12-20-53)54-21-13-6-14-22-54)64(68)80-46-44-78-58-29-27-57(28-30-58)77-43-45-79-63(61)67/h3-30,59-60H,31-48H2,1-2H3. The minimum absolute atomic E-state index is 0.0307. The number of carbonyl (C=O) groups is 2. The van der Waals surface area contributed by atoms with E-state index in [4.69, 9.17) is 66.3 Å². The van der Waals surface area contributed by atoms with Crippen molar-refractivity contribution < 1.29 is 75.9 Å². The molecule has 2 unspecified atom stereocenters. The summed E-state index contributed by atoms with van der Waals surface area (Å²) in [5.41, 5.74) is 2.07. The second-order valence-electron chi connectivity index (χ2n) is 19.4. The van der Waals surface area contributed by atoms with Crippen LogP contribution < -0.4 is 18.9 Å². The average molecular weight is 1120 g/mol. The van der Waals surface area contributed by atoms with Gasteiger partial charge in [0.25, 0.3) is 0 Å². The van der Waals surface area contributed by atoms with Crippen molar-refractivity contribution in [1.29, 1.82) is 0 Å². The average Bonchev–Trinajstić information content (AvgIpc) is 2.27. The molecule has 16 nitrogen and oxygen atoms in total. The fourth-order valence-electron chi connectivity index (χ4n) is 10.4. The van der Waals surface area contributed by atoms with Gasteiger partial charge in [-0.3, -0.25) is 0 Å². The van der Waals surface area contributed by atoms with Crippen LogP contribution in [-0.4, -0.2) is 131 Å². The van der Waals surface area contributed by atoms with Gasteiger partial charge in [-0.1, -0.05) is 121 Å². The summed E-state index contributed by atoms with van der Waals surface area (Å²) in [5, 5.41) is 0. The molecular formula is C66H72O16. The maximum absolute atomic E-state index is 14.2. The van der Waals surface area contributed by atoms with Crippen molar-refractivity contribution in [2.24, 2.45) is 11.8 Å². The minimum Gasteiger partial charge on any atom is -0.491 e. The third-order valence-electron chi connectivity index (χ3n) is 14.2. The highest BCUT2D eigenvalue weighted by atomic mass is 16.6. The predicted octanol–water partition coefficient (Wildman–Crippen LogP) is 9.83. The van der Waals surface area contributed by atoms with Gasteiger partial charge in [0.1, 0.15) is 74.2 Å². The molecule has 0 fully saturated rings. The van der Waals surface area contributed by atoms with E-state index in [9.17, 15) is 9.59 Å². The zero-order valence-corrected chi connectivity index (χ0v) is 46.6. The van der Waals surface area contributed by atoms with Crippen LogP contribution >= 0.6 is 0 Å². The first-order valence-corrected chi connectivity index (χ1v) is 27.9. The summed E-state index contributed by atoms with van der Waals surface area (Å²) in [4.78, 5) is 28.4. The molecule has 0 saturated heterocycles. The van der Waals surface area contributed by atoms with E-state index in [1.54, 1.807) is 38.1 Å². The Balaban J connectivity index is 0.845. The summed E-state index contributed by atoms with van der Waals surface area (Å²) in [6.45, 7) is 8.08. The van der Waals surface area contributed by atoms with Crippen molar-refractivity contribution >= 4 is 11.9 Å². The number of hydrogen-bond donors (Lipinski definition) is 0. The fraction of sp³-hybridized carbons (Fsp3) is 0.364. The number of carbonyl (C=O) groups excluding carboxylic acids is 2. The van der Waals surface area contributed by atoms with E-state index in [-0.39, 0.29) is 52.9 Å². The number of benzene rings is 6. The van der Waals surface area contributed by atoms with E-state index < -0.39 is 35.0 Å². The molecule has 0 spiro atoms. The van der Waals surface area contributed by atoms with Crippen molar-refractivity contribution in [3.8, 4) is 23.0 Å². The van der Waals surface area contributed by atoms with E-state index >= 15 is 0 Å². The lowest BCUT2D eigenvalue weighted by atomic mass is 9.74. The van der Waals surface area contributed by atoms with Crippen LogP contribution in [0.3, 0.4) is 0 Å². The van der Waals surface area contributed by atoms with Crippen molar-refractivity contribution in [3.63, 3.8) is 0 Å². The van der Waals surface area contributed by atoms with Crippen LogP contribution in [0.1, 0.15) is 36.1 Å². The lowest BCUT2D eigenvalue weighted by molar-refractivity contribution is -0.141. The van der Waals surface area contributed by atoms with E-state index in [1.165, 1.54) is 0 Å². The predicted molar refractivity (Wildman–Crippen MR) is 304 cm³/mol. The van der Waals surface area contributed by atoms with Gasteiger partial charge < -0.3 is 66.3 Å². The van der Waals surface area contributed by atoms with Crippen molar-refractivity contribution in [2.75, 3.05) is 119 Å². The van der Waals surface area contributed by atoms with Crippen LogP contribution in [0.2, 0.25) is 0 Å². The third-order valence-corrected chi connectivity index (χ3v) is 14.2. The zero-order chi connectivity index (χ0) is 56.7. The fourth-order valence-corrected chi connectivity index (χ4v) is 10.4. The van der Waals surface area contributed by atoms with Gasteiger partial charge in [-0.25, -0.2) is 9.59 Å². The van der Waals surface area contributed by atoms with Crippen molar-refractivity contribution in [2.45, 2.75) is 25.0 Å². The summed E-state index contributed by atoms with van der Waals surface area (Å²) in [5.74, 6) is 1.15. The molecule has 82 heavy (non-hydrogen) atoms. The number of allylic oxidation sites excluding steroid dienone is 2. The Labute approximate surface area is 479 Å². The first-order valence-electron chi connectivity index (χ1n) is 27.9. The molecule has 0 saturated carbocycles. The minimum atomic E-state index is -1.08. The van der Waals surface area contributed by atoms with E-state index in [1.807, 2.05) is 146 Å². The molecule has 12 rings (SSSR count). The highest BCUT2D eigenvalue weighted by molar-refractivity contribution is 5.91. The van der Waals surface area contributed by atoms with Crippen LogP contribution in [0.15, 0.2) is 193 Å². The van der Waals surface area contributed by atoms with Gasteiger partial charge in [0.05, 0.1) is 102 Å². The number of esters is 2. The molecule has 16 heteroatoms. The normalized spacial score (nSPS) is 20.8. The lowest BCUT2D eigenvalue weighted by Crippen LogP contribution is -2.39. The Hall–Kier alpha value is -7.70. The molecule has 6 aliphatic rings. The van der Waals surface area contributed by atoms with Gasteiger partial charge in [-0.2, -0.15) is 0 Å². The molecular weight excluding hydrogens is 1050 g/mol. The van der Waals surface area contributed by atoms with E-state index in [2.05, 4.69) is 0 Å². The molecule has 6 heterocycles. The Morgan fingerprint density at radius 1 is 0.293 bits per heavy atom. The molecule has 0 radical (unpaired) electrons. The molecule has 0 aromatic heterocycles. The SMILES string of the molecule is CC1=C2C(=O)OCCOc3ccc(cc3)OCCOC(=O)C3=C(C)OC(c4ccccc4)(c4ccccc4)C3COCCOCCOCCOc3ccc(cc3)OCCOCCOCCOCC2C(c2ccccc2)(c2ccccc2)O1. The molecule has 2 atom stereocenters. The Kier molecular flexibility index (Phi) is 21.8. The van der Waals surface area contributed by atoms with E-state index in [0.717, 1.165) is 22.3 Å². The molecule has 432 valence electrons. The molecule has 0 amide bonds. The largest absolute Gasteiger partial charge is 0.491 e. The van der Waals surface area contributed by atoms with Crippen LogP contribution in [0, 0.1) is 11.8 Å². The monoisotopic (exact) mass is 1120 g/mol. The maximum atomic E-state index is 14.2. The Bertz CT molecular complexity index is 2670. The van der Waals surface area contributed by atoms with Crippen molar-refractivity contribution in [3.05, 3.63) is 215 Å². The molecule has 6 aliphatic heterocycles. The number of rotatable bonds is 4. The van der Waals surface area contributed by atoms with Crippen LogP contribution in [0.5, 0.6) is 23.0 Å². The van der Waals surface area contributed by atoms with Crippen LogP contribution in [-0.2, 0) is 68.2 Å².